The minimum absolute atomic E-state index is 0.000803. The number of hydrogen-bond donors (Lipinski definition) is 0. The number of ether oxygens (including phenoxy) is 1. The number of imidazole rings is 1. The van der Waals surface area contributed by atoms with Gasteiger partial charge < -0.3 is 9.64 Å². The fourth-order valence-corrected chi connectivity index (χ4v) is 4.37. The van der Waals surface area contributed by atoms with Crippen LogP contribution in [0.3, 0.4) is 0 Å². The van der Waals surface area contributed by atoms with Crippen molar-refractivity contribution in [2.75, 3.05) is 13.1 Å². The van der Waals surface area contributed by atoms with Crippen molar-refractivity contribution in [3.05, 3.63) is 47.3 Å². The molecule has 5 rings (SSSR count). The number of hydrogen-bond acceptors (Lipinski definition) is 7. The molecule has 1 fully saturated rings. The number of aryl methyl sites for hydroxylation is 2. The molecule has 10 heteroatoms. The molecule has 1 aliphatic rings. The fraction of sp³-hybridized carbons (Fsp3) is 0.440. The van der Waals surface area contributed by atoms with E-state index in [0.29, 0.717) is 48.5 Å². The molecule has 0 bridgehead atoms. The van der Waals surface area contributed by atoms with Crippen LogP contribution in [0, 0.1) is 19.7 Å². The number of carbonyl (C=O) groups is 1. The lowest BCUT2D eigenvalue weighted by atomic mass is 9.96. The van der Waals surface area contributed by atoms with Crippen molar-refractivity contribution in [1.82, 2.24) is 34.7 Å². The summed E-state index contributed by atoms with van der Waals surface area (Å²) in [6, 6.07) is 5.07. The van der Waals surface area contributed by atoms with Gasteiger partial charge in [-0.15, -0.1) is 10.2 Å². The minimum atomic E-state index is -0.534. The molecule has 1 saturated heterocycles. The summed E-state index contributed by atoms with van der Waals surface area (Å²) < 4.78 is 22.3. The second kappa shape index (κ2) is 8.51. The monoisotopic (exact) mass is 477 g/mol. The van der Waals surface area contributed by atoms with E-state index in [1.54, 1.807) is 15.5 Å². The predicted molar refractivity (Wildman–Crippen MR) is 129 cm³/mol. The van der Waals surface area contributed by atoms with Crippen LogP contribution in [-0.2, 0) is 4.74 Å². The standard InChI is InChI=1S/C25H28FN7O2/c1-14-10-19(31-33-13-15(2)27-23(14)33)17-11-18(26)21-20(12-17)29-30-22(28-21)16-6-8-32(9-7-16)24(34)35-25(3,4)5/h10-13,16H,6-9H2,1-5H3. The largest absolute Gasteiger partial charge is 0.444 e. The number of benzene rings is 1. The molecule has 9 nitrogen and oxygen atoms in total. The Hall–Kier alpha value is -3.69. The molecule has 0 saturated carbocycles. The second-order valence-corrected chi connectivity index (χ2v) is 10.1. The quantitative estimate of drug-likeness (QED) is 0.416. The molecule has 0 unspecified atom stereocenters. The van der Waals surface area contributed by atoms with Crippen molar-refractivity contribution < 1.29 is 13.9 Å². The van der Waals surface area contributed by atoms with Gasteiger partial charge >= 0.3 is 6.09 Å². The summed E-state index contributed by atoms with van der Waals surface area (Å²) in [6.07, 6.45) is 2.85. The van der Waals surface area contributed by atoms with E-state index in [0.717, 1.165) is 16.9 Å². The Balaban J connectivity index is 1.38. The van der Waals surface area contributed by atoms with Crippen LogP contribution in [0.2, 0.25) is 0 Å². The Kier molecular flexibility index (Phi) is 5.61. The second-order valence-electron chi connectivity index (χ2n) is 10.1. The van der Waals surface area contributed by atoms with E-state index in [2.05, 4.69) is 25.3 Å². The third-order valence-electron chi connectivity index (χ3n) is 6.07. The zero-order chi connectivity index (χ0) is 24.9. The average molecular weight is 478 g/mol. The Labute approximate surface area is 202 Å². The maximum atomic E-state index is 15.2. The van der Waals surface area contributed by atoms with E-state index in [9.17, 15) is 4.79 Å². The zero-order valence-electron chi connectivity index (χ0n) is 20.5. The molecule has 0 spiro atoms. The number of amides is 1. The van der Waals surface area contributed by atoms with Crippen LogP contribution >= 0.6 is 0 Å². The van der Waals surface area contributed by atoms with E-state index in [1.165, 1.54) is 6.07 Å². The summed E-state index contributed by atoms with van der Waals surface area (Å²) >= 11 is 0. The highest BCUT2D eigenvalue weighted by Crippen LogP contribution is 2.29. The van der Waals surface area contributed by atoms with Gasteiger partial charge in [0.15, 0.2) is 17.3 Å². The van der Waals surface area contributed by atoms with Crippen LogP contribution < -0.4 is 0 Å². The predicted octanol–water partition coefficient (Wildman–Crippen LogP) is 4.60. The van der Waals surface area contributed by atoms with Crippen LogP contribution in [0.4, 0.5) is 9.18 Å². The molecule has 0 radical (unpaired) electrons. The highest BCUT2D eigenvalue weighted by Gasteiger charge is 2.29. The lowest BCUT2D eigenvalue weighted by molar-refractivity contribution is 0.0203. The van der Waals surface area contributed by atoms with Crippen LogP contribution in [0.15, 0.2) is 24.4 Å². The molecule has 4 heterocycles. The summed E-state index contributed by atoms with van der Waals surface area (Å²) in [4.78, 5) is 23.0. The lowest BCUT2D eigenvalue weighted by Crippen LogP contribution is -2.41. The molecule has 1 aliphatic heterocycles. The van der Waals surface area contributed by atoms with E-state index in [-0.39, 0.29) is 17.5 Å². The van der Waals surface area contributed by atoms with Crippen molar-refractivity contribution in [3.63, 3.8) is 0 Å². The highest BCUT2D eigenvalue weighted by molar-refractivity contribution is 5.81. The highest BCUT2D eigenvalue weighted by atomic mass is 19.1. The Morgan fingerprint density at radius 3 is 2.54 bits per heavy atom. The van der Waals surface area contributed by atoms with Crippen molar-refractivity contribution in [1.29, 1.82) is 0 Å². The van der Waals surface area contributed by atoms with Crippen LogP contribution in [0.1, 0.15) is 56.6 Å². The first-order valence-corrected chi connectivity index (χ1v) is 11.7. The smallest absolute Gasteiger partial charge is 0.410 e. The van der Waals surface area contributed by atoms with Gasteiger partial charge in [0.25, 0.3) is 0 Å². The van der Waals surface area contributed by atoms with Gasteiger partial charge in [0.05, 0.1) is 17.6 Å². The van der Waals surface area contributed by atoms with Gasteiger partial charge in [-0.25, -0.2) is 23.7 Å². The number of nitrogens with zero attached hydrogens (tertiary/aromatic N) is 7. The first-order valence-electron chi connectivity index (χ1n) is 11.7. The van der Waals surface area contributed by atoms with Gasteiger partial charge in [-0.05, 0) is 71.2 Å². The van der Waals surface area contributed by atoms with E-state index in [4.69, 9.17) is 4.74 Å². The van der Waals surface area contributed by atoms with Gasteiger partial charge in [-0.1, -0.05) is 0 Å². The molecular weight excluding hydrogens is 449 g/mol. The van der Waals surface area contributed by atoms with E-state index >= 15 is 4.39 Å². The van der Waals surface area contributed by atoms with Crippen LogP contribution in [-0.4, -0.2) is 59.5 Å². The minimum Gasteiger partial charge on any atom is -0.444 e. The Morgan fingerprint density at radius 2 is 1.83 bits per heavy atom. The number of fused-ring (bicyclic) bond motifs is 2. The molecule has 182 valence electrons. The molecule has 3 aromatic heterocycles. The number of carbonyl (C=O) groups excluding carboxylic acids is 1. The maximum Gasteiger partial charge on any atom is 0.410 e. The summed E-state index contributed by atoms with van der Waals surface area (Å²) in [6.45, 7) is 10.5. The summed E-state index contributed by atoms with van der Waals surface area (Å²) in [7, 11) is 0. The number of halogens is 1. The Bertz CT molecular complexity index is 1440. The normalized spacial score (nSPS) is 15.2. The van der Waals surface area contributed by atoms with Crippen LogP contribution in [0.5, 0.6) is 0 Å². The molecule has 0 atom stereocenters. The van der Waals surface area contributed by atoms with Crippen molar-refractivity contribution in [2.45, 2.75) is 59.0 Å². The number of likely N-dealkylation sites (tertiary alicyclic amines) is 1. The third-order valence-corrected chi connectivity index (χ3v) is 6.07. The van der Waals surface area contributed by atoms with Crippen molar-refractivity contribution >= 4 is 22.8 Å². The summed E-state index contributed by atoms with van der Waals surface area (Å²) in [5.41, 5.74) is 3.82. The lowest BCUT2D eigenvalue weighted by Gasteiger charge is -2.32. The van der Waals surface area contributed by atoms with E-state index < -0.39 is 11.4 Å². The van der Waals surface area contributed by atoms with Gasteiger partial charge in [0.2, 0.25) is 0 Å². The molecule has 1 aromatic carbocycles. The zero-order valence-corrected chi connectivity index (χ0v) is 20.5. The van der Waals surface area contributed by atoms with Gasteiger partial charge in [0.1, 0.15) is 16.6 Å². The first-order chi connectivity index (χ1) is 16.6. The molecule has 0 aliphatic carbocycles. The van der Waals surface area contributed by atoms with Gasteiger partial charge in [-0.2, -0.15) is 5.10 Å². The van der Waals surface area contributed by atoms with Crippen molar-refractivity contribution in [3.8, 4) is 11.3 Å². The topological polar surface area (TPSA) is 98.4 Å². The molecule has 4 aromatic rings. The fourth-order valence-electron chi connectivity index (χ4n) is 4.37. The molecule has 1 amide bonds. The molecular formula is C25H28FN7O2. The van der Waals surface area contributed by atoms with E-state index in [1.807, 2.05) is 46.9 Å². The number of rotatable bonds is 2. The van der Waals surface area contributed by atoms with Crippen LogP contribution in [0.25, 0.3) is 27.9 Å². The molecule has 35 heavy (non-hydrogen) atoms. The van der Waals surface area contributed by atoms with Gasteiger partial charge in [-0.3, -0.25) is 0 Å². The summed E-state index contributed by atoms with van der Waals surface area (Å²) in [5, 5.41) is 13.2. The van der Waals surface area contributed by atoms with Gasteiger partial charge in [0, 0.05) is 24.6 Å². The maximum absolute atomic E-state index is 15.2. The number of aromatic nitrogens is 6. The third kappa shape index (κ3) is 4.65. The SMILES string of the molecule is Cc1cn2nc(-c3cc(F)c4nc(C5CCN(C(=O)OC(C)(C)C)CC5)nnc4c3)cc(C)c2n1. The average Bonchev–Trinajstić information content (AvgIpc) is 3.18. The Morgan fingerprint density at radius 1 is 1.09 bits per heavy atom. The number of piperidine rings is 1. The van der Waals surface area contributed by atoms with Crippen molar-refractivity contribution in [2.24, 2.45) is 0 Å². The summed E-state index contributed by atoms with van der Waals surface area (Å²) in [5.74, 6) is 0.0272. The molecule has 0 N–H and O–H groups in total. The first kappa shape index (κ1) is 23.1.